The molecule has 0 unspecified atom stereocenters. The molecule has 2 aromatic heterocycles. The Bertz CT molecular complexity index is 544. The van der Waals surface area contributed by atoms with Crippen molar-refractivity contribution in [3.63, 3.8) is 0 Å². The molecule has 0 atom stereocenters. The molecule has 2 rings (SSSR count). The Morgan fingerprint density at radius 3 is 3.06 bits per heavy atom. The van der Waals surface area contributed by atoms with Gasteiger partial charge in [0.15, 0.2) is 0 Å². The summed E-state index contributed by atoms with van der Waals surface area (Å²) in [5.41, 5.74) is 0.393. The molecule has 2 aromatic rings. The molecule has 1 N–H and O–H groups in total. The molecular formula is C11H8BrClN2OS. The normalized spacial score (nSPS) is 10.2. The molecule has 2 heterocycles. The SMILES string of the molecule is O=C(NCc1cc(Br)cs1)c1cccnc1Cl. The fourth-order valence-corrected chi connectivity index (χ4v) is 2.86. The number of nitrogens with zero attached hydrogens (tertiary/aromatic N) is 1. The van der Waals surface area contributed by atoms with E-state index in [2.05, 4.69) is 26.2 Å². The van der Waals surface area contributed by atoms with E-state index in [0.29, 0.717) is 12.1 Å². The molecule has 0 aromatic carbocycles. The third kappa shape index (κ3) is 3.28. The van der Waals surface area contributed by atoms with E-state index in [1.165, 1.54) is 0 Å². The highest BCUT2D eigenvalue weighted by molar-refractivity contribution is 9.10. The fraction of sp³-hybridized carbons (Fsp3) is 0.0909. The quantitative estimate of drug-likeness (QED) is 0.875. The summed E-state index contributed by atoms with van der Waals surface area (Å²) >= 11 is 10.8. The van der Waals surface area contributed by atoms with Gasteiger partial charge in [0, 0.05) is 20.9 Å². The van der Waals surface area contributed by atoms with Gasteiger partial charge in [-0.05, 0) is 34.1 Å². The standard InChI is InChI=1S/C11H8BrClN2OS/c12-7-4-8(17-6-7)5-15-11(16)9-2-1-3-14-10(9)13/h1-4,6H,5H2,(H,15,16). The molecule has 0 aliphatic rings. The highest BCUT2D eigenvalue weighted by Gasteiger charge is 2.10. The lowest BCUT2D eigenvalue weighted by molar-refractivity contribution is 0.0951. The van der Waals surface area contributed by atoms with Crippen molar-refractivity contribution in [2.24, 2.45) is 0 Å². The first-order valence-electron chi connectivity index (χ1n) is 4.78. The van der Waals surface area contributed by atoms with Crippen molar-refractivity contribution in [1.29, 1.82) is 0 Å². The summed E-state index contributed by atoms with van der Waals surface area (Å²) in [6.45, 7) is 0.486. The Balaban J connectivity index is 2.01. The van der Waals surface area contributed by atoms with Crippen LogP contribution in [0.1, 0.15) is 15.2 Å². The number of hydrogen-bond donors (Lipinski definition) is 1. The molecule has 0 aliphatic heterocycles. The van der Waals surface area contributed by atoms with Gasteiger partial charge in [0.05, 0.1) is 12.1 Å². The first kappa shape index (κ1) is 12.5. The molecule has 0 fully saturated rings. The fourth-order valence-electron chi connectivity index (χ4n) is 1.26. The predicted octanol–water partition coefficient (Wildman–Crippen LogP) is 3.49. The number of carbonyl (C=O) groups is 1. The van der Waals surface area contributed by atoms with Gasteiger partial charge < -0.3 is 5.32 Å². The van der Waals surface area contributed by atoms with E-state index in [-0.39, 0.29) is 11.1 Å². The average molecular weight is 332 g/mol. The van der Waals surface area contributed by atoms with E-state index in [0.717, 1.165) is 9.35 Å². The number of pyridine rings is 1. The third-order valence-corrected chi connectivity index (χ3v) is 4.05. The van der Waals surface area contributed by atoms with Crippen molar-refractivity contribution in [3.8, 4) is 0 Å². The first-order chi connectivity index (χ1) is 8.16. The maximum absolute atomic E-state index is 11.8. The van der Waals surface area contributed by atoms with Crippen LogP contribution in [0.25, 0.3) is 0 Å². The van der Waals surface area contributed by atoms with Crippen LogP contribution in [0.2, 0.25) is 5.15 Å². The second-order valence-electron chi connectivity index (χ2n) is 3.26. The van der Waals surface area contributed by atoms with E-state index in [9.17, 15) is 4.79 Å². The number of thiophene rings is 1. The molecular weight excluding hydrogens is 324 g/mol. The van der Waals surface area contributed by atoms with Crippen LogP contribution in [0.4, 0.5) is 0 Å². The molecule has 0 bridgehead atoms. The summed E-state index contributed by atoms with van der Waals surface area (Å²) in [4.78, 5) is 16.7. The van der Waals surface area contributed by atoms with E-state index in [4.69, 9.17) is 11.6 Å². The molecule has 0 radical (unpaired) electrons. The number of amides is 1. The van der Waals surface area contributed by atoms with Crippen molar-refractivity contribution in [1.82, 2.24) is 10.3 Å². The van der Waals surface area contributed by atoms with Gasteiger partial charge in [-0.25, -0.2) is 4.98 Å². The summed E-state index contributed by atoms with van der Waals surface area (Å²) in [7, 11) is 0. The number of aromatic nitrogens is 1. The van der Waals surface area contributed by atoms with Gasteiger partial charge in [0.25, 0.3) is 5.91 Å². The smallest absolute Gasteiger partial charge is 0.254 e. The predicted molar refractivity (Wildman–Crippen MR) is 72.4 cm³/mol. The van der Waals surface area contributed by atoms with Crippen LogP contribution in [-0.2, 0) is 6.54 Å². The van der Waals surface area contributed by atoms with Gasteiger partial charge >= 0.3 is 0 Å². The van der Waals surface area contributed by atoms with Crippen molar-refractivity contribution >= 4 is 44.8 Å². The van der Waals surface area contributed by atoms with Gasteiger partial charge in [-0.1, -0.05) is 11.6 Å². The minimum atomic E-state index is -0.215. The number of hydrogen-bond acceptors (Lipinski definition) is 3. The zero-order chi connectivity index (χ0) is 12.3. The molecule has 0 saturated carbocycles. The minimum absolute atomic E-state index is 0.215. The van der Waals surface area contributed by atoms with Crippen LogP contribution in [0, 0.1) is 0 Å². The van der Waals surface area contributed by atoms with Gasteiger partial charge in [-0.15, -0.1) is 11.3 Å². The molecule has 6 heteroatoms. The van der Waals surface area contributed by atoms with Crippen LogP contribution < -0.4 is 5.32 Å². The lowest BCUT2D eigenvalue weighted by atomic mass is 10.2. The van der Waals surface area contributed by atoms with Crippen LogP contribution in [-0.4, -0.2) is 10.9 Å². The maximum atomic E-state index is 11.8. The van der Waals surface area contributed by atoms with Crippen molar-refractivity contribution in [2.45, 2.75) is 6.54 Å². The second-order valence-corrected chi connectivity index (χ2v) is 5.53. The first-order valence-corrected chi connectivity index (χ1v) is 6.83. The molecule has 0 aliphatic carbocycles. The summed E-state index contributed by atoms with van der Waals surface area (Å²) < 4.78 is 1.02. The van der Waals surface area contributed by atoms with Crippen molar-refractivity contribution < 1.29 is 4.79 Å². The van der Waals surface area contributed by atoms with E-state index in [1.54, 1.807) is 29.7 Å². The second kappa shape index (κ2) is 5.62. The Kier molecular flexibility index (Phi) is 4.15. The van der Waals surface area contributed by atoms with Crippen LogP contribution in [0.3, 0.4) is 0 Å². The summed E-state index contributed by atoms with van der Waals surface area (Å²) in [6.07, 6.45) is 1.55. The number of nitrogens with one attached hydrogen (secondary N) is 1. The van der Waals surface area contributed by atoms with Crippen LogP contribution in [0.15, 0.2) is 34.2 Å². The lowest BCUT2D eigenvalue weighted by Gasteiger charge is -2.04. The van der Waals surface area contributed by atoms with Crippen LogP contribution >= 0.6 is 38.9 Å². The lowest BCUT2D eigenvalue weighted by Crippen LogP contribution is -2.22. The number of carbonyl (C=O) groups excluding carboxylic acids is 1. The van der Waals surface area contributed by atoms with E-state index < -0.39 is 0 Å². The molecule has 3 nitrogen and oxygen atoms in total. The monoisotopic (exact) mass is 330 g/mol. The van der Waals surface area contributed by atoms with Gasteiger partial charge in [-0.2, -0.15) is 0 Å². The zero-order valence-corrected chi connectivity index (χ0v) is 11.8. The number of rotatable bonds is 3. The molecule has 0 spiro atoms. The molecule has 1 amide bonds. The Hall–Kier alpha value is -0.910. The maximum Gasteiger partial charge on any atom is 0.254 e. The molecule has 88 valence electrons. The highest BCUT2D eigenvalue weighted by atomic mass is 79.9. The topological polar surface area (TPSA) is 42.0 Å². The largest absolute Gasteiger partial charge is 0.347 e. The number of halogens is 2. The van der Waals surface area contributed by atoms with Crippen LogP contribution in [0.5, 0.6) is 0 Å². The van der Waals surface area contributed by atoms with Crippen molar-refractivity contribution in [2.75, 3.05) is 0 Å². The van der Waals surface area contributed by atoms with Gasteiger partial charge in [0.2, 0.25) is 0 Å². The Morgan fingerprint density at radius 1 is 1.59 bits per heavy atom. The van der Waals surface area contributed by atoms with E-state index in [1.807, 2.05) is 11.4 Å². The average Bonchev–Trinajstić information content (AvgIpc) is 2.73. The van der Waals surface area contributed by atoms with Gasteiger partial charge in [0.1, 0.15) is 5.15 Å². The molecule has 17 heavy (non-hydrogen) atoms. The summed E-state index contributed by atoms with van der Waals surface area (Å²) in [5.74, 6) is -0.215. The zero-order valence-electron chi connectivity index (χ0n) is 8.61. The Labute approximate surface area is 116 Å². The van der Waals surface area contributed by atoms with Gasteiger partial charge in [-0.3, -0.25) is 4.79 Å². The van der Waals surface area contributed by atoms with E-state index >= 15 is 0 Å². The highest BCUT2D eigenvalue weighted by Crippen LogP contribution is 2.19. The Morgan fingerprint density at radius 2 is 2.41 bits per heavy atom. The minimum Gasteiger partial charge on any atom is -0.347 e. The van der Waals surface area contributed by atoms with Crippen molar-refractivity contribution in [3.05, 3.63) is 49.8 Å². The molecule has 0 saturated heterocycles. The summed E-state index contributed by atoms with van der Waals surface area (Å²) in [5, 5.41) is 4.99. The summed E-state index contributed by atoms with van der Waals surface area (Å²) in [6, 6.07) is 5.30. The third-order valence-electron chi connectivity index (χ3n) is 2.05.